The summed E-state index contributed by atoms with van der Waals surface area (Å²) in [4.78, 5) is 31.6. The van der Waals surface area contributed by atoms with Gasteiger partial charge >= 0.3 is 0 Å². The fourth-order valence-electron chi connectivity index (χ4n) is 2.66. The van der Waals surface area contributed by atoms with Gasteiger partial charge in [0.15, 0.2) is 5.78 Å². The van der Waals surface area contributed by atoms with Crippen LogP contribution in [0.2, 0.25) is 0 Å². The molecular weight excluding hydrogens is 280 g/mol. The molecule has 3 rings (SSSR count). The number of amides is 1. The summed E-state index contributed by atoms with van der Waals surface area (Å²) in [5.74, 6) is 0.508. The molecule has 0 unspecified atom stereocenters. The highest BCUT2D eigenvalue weighted by molar-refractivity contribution is 6.13. The molecule has 22 heavy (non-hydrogen) atoms. The Morgan fingerprint density at radius 1 is 1.36 bits per heavy atom. The molecule has 3 N–H and O–H groups in total. The van der Waals surface area contributed by atoms with Gasteiger partial charge in [0, 0.05) is 24.9 Å². The number of carbonyl (C=O) groups excluding carboxylic acids is 2. The van der Waals surface area contributed by atoms with E-state index in [1.807, 2.05) is 6.92 Å². The second-order valence-electron chi connectivity index (χ2n) is 5.25. The predicted molar refractivity (Wildman–Crippen MR) is 84.4 cm³/mol. The number of H-pyrrole nitrogens is 1. The molecule has 0 atom stereocenters. The smallest absolute Gasteiger partial charge is 0.257 e. The number of nitrogens with one attached hydrogen (secondary N) is 3. The molecule has 0 fully saturated rings. The summed E-state index contributed by atoms with van der Waals surface area (Å²) in [5, 5.41) is 5.87. The van der Waals surface area contributed by atoms with Crippen LogP contribution in [0.25, 0.3) is 0 Å². The molecular formula is C16H18N4O2. The molecule has 114 valence electrons. The number of aryl methyl sites for hydroxylation is 1. The predicted octanol–water partition coefficient (Wildman–Crippen LogP) is 2.61. The highest BCUT2D eigenvalue weighted by Crippen LogP contribution is 2.24. The topological polar surface area (TPSA) is 86.9 Å². The van der Waals surface area contributed by atoms with Gasteiger partial charge in [0.2, 0.25) is 0 Å². The van der Waals surface area contributed by atoms with Gasteiger partial charge in [-0.2, -0.15) is 0 Å². The number of rotatable bonds is 4. The molecule has 2 aromatic rings. The van der Waals surface area contributed by atoms with Gasteiger partial charge in [-0.15, -0.1) is 0 Å². The fourth-order valence-corrected chi connectivity index (χ4v) is 2.66. The number of hydrogen-bond acceptors (Lipinski definition) is 4. The maximum atomic E-state index is 12.4. The summed E-state index contributed by atoms with van der Waals surface area (Å²) in [6, 6.07) is 3.58. The van der Waals surface area contributed by atoms with Crippen molar-refractivity contribution in [2.75, 3.05) is 17.2 Å². The van der Waals surface area contributed by atoms with Gasteiger partial charge in [-0.1, -0.05) is 0 Å². The largest absolute Gasteiger partial charge is 0.370 e. The molecule has 0 radical (unpaired) electrons. The lowest BCUT2D eigenvalue weighted by molar-refractivity contribution is 0.0956. The second-order valence-corrected chi connectivity index (χ2v) is 5.25. The van der Waals surface area contributed by atoms with Gasteiger partial charge in [0.05, 0.1) is 23.0 Å². The Labute approximate surface area is 128 Å². The van der Waals surface area contributed by atoms with Crippen molar-refractivity contribution in [3.63, 3.8) is 0 Å². The molecule has 0 spiro atoms. The molecule has 2 aromatic heterocycles. The molecule has 0 bridgehead atoms. The van der Waals surface area contributed by atoms with Gasteiger partial charge in [-0.25, -0.2) is 4.98 Å². The summed E-state index contributed by atoms with van der Waals surface area (Å²) in [7, 11) is 0. The number of hydrogen-bond donors (Lipinski definition) is 3. The Bertz CT molecular complexity index is 703. The van der Waals surface area contributed by atoms with Gasteiger partial charge < -0.3 is 15.6 Å². The fraction of sp³-hybridized carbons (Fsp3) is 0.312. The Hall–Kier alpha value is -2.63. The number of aromatic nitrogens is 2. The van der Waals surface area contributed by atoms with Crippen LogP contribution >= 0.6 is 0 Å². The SMILES string of the molecule is CCNc1ccc(NC(=O)c2c[nH]c3c2C(=O)CCC3)cn1. The molecule has 1 aliphatic carbocycles. The van der Waals surface area contributed by atoms with E-state index in [1.165, 1.54) is 0 Å². The molecule has 0 saturated heterocycles. The van der Waals surface area contributed by atoms with E-state index in [0.717, 1.165) is 30.9 Å². The third-order valence-electron chi connectivity index (χ3n) is 3.70. The van der Waals surface area contributed by atoms with E-state index in [-0.39, 0.29) is 11.7 Å². The maximum Gasteiger partial charge on any atom is 0.257 e. The van der Waals surface area contributed by atoms with Crippen molar-refractivity contribution in [2.24, 2.45) is 0 Å². The first-order chi connectivity index (χ1) is 10.7. The zero-order chi connectivity index (χ0) is 15.5. The van der Waals surface area contributed by atoms with E-state index in [4.69, 9.17) is 0 Å². The van der Waals surface area contributed by atoms with E-state index in [9.17, 15) is 9.59 Å². The van der Waals surface area contributed by atoms with Crippen LogP contribution in [-0.2, 0) is 6.42 Å². The van der Waals surface area contributed by atoms with Gasteiger partial charge in [-0.3, -0.25) is 9.59 Å². The Morgan fingerprint density at radius 2 is 2.23 bits per heavy atom. The lowest BCUT2D eigenvalue weighted by atomic mass is 9.93. The minimum absolute atomic E-state index is 0.0354. The minimum Gasteiger partial charge on any atom is -0.370 e. The highest BCUT2D eigenvalue weighted by atomic mass is 16.2. The van der Waals surface area contributed by atoms with Crippen molar-refractivity contribution in [2.45, 2.75) is 26.2 Å². The third kappa shape index (κ3) is 2.72. The van der Waals surface area contributed by atoms with Crippen molar-refractivity contribution in [1.82, 2.24) is 9.97 Å². The molecule has 6 heteroatoms. The van der Waals surface area contributed by atoms with E-state index in [2.05, 4.69) is 20.6 Å². The molecule has 0 aromatic carbocycles. The number of fused-ring (bicyclic) bond motifs is 1. The van der Waals surface area contributed by atoms with E-state index in [1.54, 1.807) is 24.5 Å². The van der Waals surface area contributed by atoms with Crippen LogP contribution < -0.4 is 10.6 Å². The number of pyridine rings is 1. The average Bonchev–Trinajstić information content (AvgIpc) is 2.95. The number of carbonyl (C=O) groups is 2. The third-order valence-corrected chi connectivity index (χ3v) is 3.70. The van der Waals surface area contributed by atoms with Crippen LogP contribution in [0.1, 0.15) is 46.2 Å². The second kappa shape index (κ2) is 6.01. The zero-order valence-corrected chi connectivity index (χ0v) is 12.4. The number of aromatic amines is 1. The number of Topliss-reactive ketones (excluding diaryl/α,β-unsaturated/α-hetero) is 1. The van der Waals surface area contributed by atoms with Crippen molar-refractivity contribution in [1.29, 1.82) is 0 Å². The Balaban J connectivity index is 1.77. The van der Waals surface area contributed by atoms with Crippen LogP contribution in [-0.4, -0.2) is 28.2 Å². The van der Waals surface area contributed by atoms with Crippen molar-refractivity contribution < 1.29 is 9.59 Å². The van der Waals surface area contributed by atoms with Crippen LogP contribution in [0, 0.1) is 0 Å². The molecule has 0 saturated carbocycles. The van der Waals surface area contributed by atoms with Gasteiger partial charge in [0.25, 0.3) is 5.91 Å². The van der Waals surface area contributed by atoms with Crippen molar-refractivity contribution in [3.8, 4) is 0 Å². The maximum absolute atomic E-state index is 12.4. The number of anilines is 2. The van der Waals surface area contributed by atoms with Crippen LogP contribution in [0.5, 0.6) is 0 Å². The molecule has 2 heterocycles. The summed E-state index contributed by atoms with van der Waals surface area (Å²) in [6.07, 6.45) is 5.36. The average molecular weight is 298 g/mol. The summed E-state index contributed by atoms with van der Waals surface area (Å²) in [6.45, 7) is 2.78. The lowest BCUT2D eigenvalue weighted by Crippen LogP contribution is -2.18. The highest BCUT2D eigenvalue weighted by Gasteiger charge is 2.25. The minimum atomic E-state index is -0.286. The van der Waals surface area contributed by atoms with E-state index >= 15 is 0 Å². The Kier molecular flexibility index (Phi) is 3.91. The van der Waals surface area contributed by atoms with Crippen molar-refractivity contribution in [3.05, 3.63) is 41.3 Å². The standard InChI is InChI=1S/C16H18N4O2/c1-2-17-14-7-6-10(8-19-14)20-16(22)11-9-18-12-4-3-5-13(21)15(11)12/h6-9,18H,2-5H2,1H3,(H,17,19)(H,20,22). The van der Waals surface area contributed by atoms with Crippen LogP contribution in [0.4, 0.5) is 11.5 Å². The van der Waals surface area contributed by atoms with Crippen LogP contribution in [0.3, 0.4) is 0 Å². The lowest BCUT2D eigenvalue weighted by Gasteiger charge is -2.12. The normalized spacial score (nSPS) is 13.6. The summed E-state index contributed by atoms with van der Waals surface area (Å²) < 4.78 is 0. The monoisotopic (exact) mass is 298 g/mol. The molecule has 0 aliphatic heterocycles. The van der Waals surface area contributed by atoms with Gasteiger partial charge in [0.1, 0.15) is 5.82 Å². The zero-order valence-electron chi connectivity index (χ0n) is 12.4. The van der Waals surface area contributed by atoms with E-state index in [0.29, 0.717) is 23.2 Å². The summed E-state index contributed by atoms with van der Waals surface area (Å²) in [5.41, 5.74) is 2.42. The van der Waals surface area contributed by atoms with Crippen molar-refractivity contribution >= 4 is 23.2 Å². The first-order valence-electron chi connectivity index (χ1n) is 7.43. The quantitative estimate of drug-likeness (QED) is 0.809. The Morgan fingerprint density at radius 3 is 2.95 bits per heavy atom. The summed E-state index contributed by atoms with van der Waals surface area (Å²) >= 11 is 0. The van der Waals surface area contributed by atoms with E-state index < -0.39 is 0 Å². The molecule has 1 amide bonds. The molecule has 6 nitrogen and oxygen atoms in total. The molecule has 1 aliphatic rings. The number of ketones is 1. The van der Waals surface area contributed by atoms with Crippen LogP contribution in [0.15, 0.2) is 24.5 Å². The first kappa shape index (κ1) is 14.3. The van der Waals surface area contributed by atoms with Gasteiger partial charge in [-0.05, 0) is 31.9 Å². The first-order valence-corrected chi connectivity index (χ1v) is 7.43. The number of nitrogens with zero attached hydrogens (tertiary/aromatic N) is 1.